The molecule has 0 bridgehead atoms. The van der Waals surface area contributed by atoms with E-state index < -0.39 is 22.5 Å². The van der Waals surface area contributed by atoms with Crippen molar-refractivity contribution in [3.63, 3.8) is 0 Å². The highest BCUT2D eigenvalue weighted by molar-refractivity contribution is 7.89. The number of rotatable bonds is 5. The predicted octanol–water partition coefficient (Wildman–Crippen LogP) is -0.570. The third kappa shape index (κ3) is 3.42. The molecule has 1 aromatic heterocycles. The fraction of sp³-hybridized carbons (Fsp3) is 0.143. The van der Waals surface area contributed by atoms with Crippen LogP contribution in [0.25, 0.3) is 0 Å². The molecule has 9 heteroatoms. The van der Waals surface area contributed by atoms with Crippen LogP contribution in [-0.2, 0) is 19.7 Å². The summed E-state index contributed by atoms with van der Waals surface area (Å²) in [4.78, 5) is 19.7. The van der Waals surface area contributed by atoms with E-state index in [9.17, 15) is 13.2 Å². The monoisotopic (exact) mass is 265 g/mol. The van der Waals surface area contributed by atoms with E-state index in [0.29, 0.717) is 0 Å². The molecule has 0 aromatic carbocycles. The third-order valence-corrected chi connectivity index (χ3v) is 3.06. The fourth-order valence-corrected chi connectivity index (χ4v) is 2.05. The van der Waals surface area contributed by atoms with Crippen LogP contribution in [0.3, 0.4) is 0 Å². The fourth-order valence-electron chi connectivity index (χ4n) is 0.795. The average Bonchev–Trinajstić information content (AvgIpc) is 2.17. The first-order chi connectivity index (χ1) is 7.43. The van der Waals surface area contributed by atoms with Crippen LogP contribution in [-0.4, -0.2) is 25.9 Å². The summed E-state index contributed by atoms with van der Waals surface area (Å²) in [6, 6.07) is 2.64. The summed E-state index contributed by atoms with van der Waals surface area (Å²) in [5, 5.41) is -0.197. The van der Waals surface area contributed by atoms with Crippen LogP contribution in [0.15, 0.2) is 23.2 Å². The molecule has 0 atom stereocenters. The maximum absolute atomic E-state index is 11.5. The second-order valence-electron chi connectivity index (χ2n) is 2.63. The first-order valence-corrected chi connectivity index (χ1v) is 5.82. The molecular weight excluding hydrogens is 258 g/mol. The van der Waals surface area contributed by atoms with Crippen LogP contribution >= 0.6 is 11.6 Å². The number of sulfonamides is 1. The van der Waals surface area contributed by atoms with Gasteiger partial charge in [0.05, 0.1) is 0 Å². The molecule has 0 spiro atoms. The zero-order valence-corrected chi connectivity index (χ0v) is 9.46. The van der Waals surface area contributed by atoms with Gasteiger partial charge in [0.2, 0.25) is 5.91 Å². The zero-order valence-electron chi connectivity index (χ0n) is 7.88. The van der Waals surface area contributed by atoms with E-state index in [1.165, 1.54) is 18.3 Å². The van der Waals surface area contributed by atoms with Gasteiger partial charge in [-0.1, -0.05) is 16.5 Å². The summed E-state index contributed by atoms with van der Waals surface area (Å²) in [5.74, 6) is -0.806. The van der Waals surface area contributed by atoms with Crippen molar-refractivity contribution in [2.24, 2.45) is 5.73 Å². The van der Waals surface area contributed by atoms with Crippen LogP contribution < -0.4 is 10.6 Å². The van der Waals surface area contributed by atoms with Gasteiger partial charge in [-0.05, 0) is 12.1 Å². The highest BCUT2D eigenvalue weighted by Gasteiger charge is 2.18. The van der Waals surface area contributed by atoms with Gasteiger partial charge in [-0.15, -0.1) is 0 Å². The third-order valence-electron chi connectivity index (χ3n) is 1.40. The van der Waals surface area contributed by atoms with Crippen molar-refractivity contribution in [3.05, 3.63) is 23.5 Å². The summed E-state index contributed by atoms with van der Waals surface area (Å²) in [7, 11) is -3.96. The average molecular weight is 266 g/mol. The zero-order chi connectivity index (χ0) is 12.2. The molecule has 1 rings (SSSR count). The lowest BCUT2D eigenvalue weighted by Crippen LogP contribution is -2.29. The summed E-state index contributed by atoms with van der Waals surface area (Å²) in [6.07, 6.45) is 1.34. The summed E-state index contributed by atoms with van der Waals surface area (Å²) < 4.78 is 23.0. The van der Waals surface area contributed by atoms with Gasteiger partial charge in [0.25, 0.3) is 10.0 Å². The molecule has 7 nitrogen and oxygen atoms in total. The number of nitrogens with two attached hydrogens (primary N) is 1. The van der Waals surface area contributed by atoms with Gasteiger partial charge in [0, 0.05) is 6.20 Å². The number of primary amides is 1. The second kappa shape index (κ2) is 5.21. The van der Waals surface area contributed by atoms with Crippen molar-refractivity contribution in [1.82, 2.24) is 9.87 Å². The number of carbonyl (C=O) groups is 1. The number of hydrogen-bond acceptors (Lipinski definition) is 5. The molecule has 0 unspecified atom stereocenters. The number of nitrogens with zero attached hydrogens (tertiary/aromatic N) is 1. The highest BCUT2D eigenvalue weighted by atomic mass is 35.5. The van der Waals surface area contributed by atoms with E-state index in [1.54, 1.807) is 4.89 Å². The number of amides is 1. The van der Waals surface area contributed by atoms with E-state index in [-0.39, 0.29) is 10.0 Å². The number of aromatic nitrogens is 1. The maximum atomic E-state index is 11.5. The molecule has 0 fully saturated rings. The lowest BCUT2D eigenvalue weighted by Gasteiger charge is -2.06. The number of pyridine rings is 1. The standard InChI is InChI=1S/C7H8ClN3O4S/c8-7-5(2-1-3-10-7)16(13,14)11-15-4-6(9)12/h1-3,11H,4H2,(H2,9,12). The Bertz CT molecular complexity index is 490. The second-order valence-corrected chi connectivity index (χ2v) is 4.61. The van der Waals surface area contributed by atoms with Gasteiger partial charge in [0.1, 0.15) is 16.7 Å². The first-order valence-electron chi connectivity index (χ1n) is 3.96. The molecule has 1 amide bonds. The normalized spacial score (nSPS) is 11.3. The van der Waals surface area contributed by atoms with Crippen molar-refractivity contribution in [2.75, 3.05) is 6.61 Å². The topological polar surface area (TPSA) is 111 Å². The Hall–Kier alpha value is -1.22. The van der Waals surface area contributed by atoms with Gasteiger partial charge in [-0.2, -0.15) is 0 Å². The highest BCUT2D eigenvalue weighted by Crippen LogP contribution is 2.17. The summed E-state index contributed by atoms with van der Waals surface area (Å²) in [6.45, 7) is -0.572. The molecular formula is C7H8ClN3O4S. The van der Waals surface area contributed by atoms with E-state index in [0.717, 1.165) is 0 Å². The maximum Gasteiger partial charge on any atom is 0.265 e. The molecule has 0 aliphatic carbocycles. The SMILES string of the molecule is NC(=O)CONS(=O)(=O)c1cccnc1Cl. The Morgan fingerprint density at radius 2 is 2.31 bits per heavy atom. The van der Waals surface area contributed by atoms with Crippen molar-refractivity contribution in [3.8, 4) is 0 Å². The Kier molecular flexibility index (Phi) is 4.19. The molecule has 0 saturated carbocycles. The van der Waals surface area contributed by atoms with Gasteiger partial charge in [-0.25, -0.2) is 13.4 Å². The Balaban J connectivity index is 2.79. The molecule has 1 aromatic rings. The van der Waals surface area contributed by atoms with Crippen LogP contribution in [0, 0.1) is 0 Å². The smallest absolute Gasteiger partial charge is 0.265 e. The minimum atomic E-state index is -3.96. The molecule has 0 aliphatic heterocycles. The van der Waals surface area contributed by atoms with Crippen molar-refractivity contribution in [1.29, 1.82) is 0 Å². The van der Waals surface area contributed by atoms with Gasteiger partial charge >= 0.3 is 0 Å². The molecule has 88 valence electrons. The lowest BCUT2D eigenvalue weighted by atomic mass is 10.5. The molecule has 0 aliphatic rings. The molecule has 3 N–H and O–H groups in total. The van der Waals surface area contributed by atoms with Gasteiger partial charge in [-0.3, -0.25) is 9.63 Å². The number of carbonyl (C=O) groups excluding carboxylic acids is 1. The Morgan fingerprint density at radius 3 is 2.88 bits per heavy atom. The summed E-state index contributed by atoms with van der Waals surface area (Å²) >= 11 is 5.57. The van der Waals surface area contributed by atoms with Crippen LogP contribution in [0.1, 0.15) is 0 Å². The summed E-state index contributed by atoms with van der Waals surface area (Å²) in [5.41, 5.74) is 4.75. The van der Waals surface area contributed by atoms with E-state index in [1.807, 2.05) is 0 Å². The van der Waals surface area contributed by atoms with Crippen molar-refractivity contribution >= 4 is 27.5 Å². The number of nitrogens with one attached hydrogen (secondary N) is 1. The number of halogens is 1. The first kappa shape index (κ1) is 12.8. The van der Waals surface area contributed by atoms with Gasteiger partial charge in [0.15, 0.2) is 0 Å². The molecule has 1 heterocycles. The minimum absolute atomic E-state index is 0.197. The molecule has 0 saturated heterocycles. The van der Waals surface area contributed by atoms with Crippen LogP contribution in [0.4, 0.5) is 0 Å². The number of hydrogen-bond donors (Lipinski definition) is 2. The van der Waals surface area contributed by atoms with E-state index in [4.69, 9.17) is 17.3 Å². The van der Waals surface area contributed by atoms with Crippen molar-refractivity contribution < 1.29 is 18.0 Å². The Morgan fingerprint density at radius 1 is 1.62 bits per heavy atom. The minimum Gasteiger partial charge on any atom is -0.368 e. The van der Waals surface area contributed by atoms with Gasteiger partial charge < -0.3 is 5.73 Å². The van der Waals surface area contributed by atoms with E-state index >= 15 is 0 Å². The lowest BCUT2D eigenvalue weighted by molar-refractivity contribution is -0.123. The van der Waals surface area contributed by atoms with Crippen molar-refractivity contribution in [2.45, 2.75) is 4.90 Å². The van der Waals surface area contributed by atoms with E-state index in [2.05, 4.69) is 9.82 Å². The Labute approximate surface area is 96.6 Å². The molecule has 16 heavy (non-hydrogen) atoms. The largest absolute Gasteiger partial charge is 0.368 e. The van der Waals surface area contributed by atoms with Crippen LogP contribution in [0.5, 0.6) is 0 Å². The predicted molar refractivity (Wildman–Crippen MR) is 54.7 cm³/mol. The molecule has 0 radical (unpaired) electrons. The van der Waals surface area contributed by atoms with Crippen LogP contribution in [0.2, 0.25) is 5.15 Å². The quantitative estimate of drug-likeness (QED) is 0.547.